The number of rotatable bonds is 2. The van der Waals surface area contributed by atoms with E-state index in [1.54, 1.807) is 6.92 Å². The summed E-state index contributed by atoms with van der Waals surface area (Å²) in [5, 5.41) is 8.03. The minimum Gasteiger partial charge on any atom is -0.478 e. The van der Waals surface area contributed by atoms with Gasteiger partial charge in [0.2, 0.25) is 0 Å². The van der Waals surface area contributed by atoms with E-state index in [2.05, 4.69) is 6.58 Å². The van der Waals surface area contributed by atoms with Gasteiger partial charge in [-0.1, -0.05) is 18.2 Å². The van der Waals surface area contributed by atoms with Crippen LogP contribution in [-0.2, 0) is 4.79 Å². The zero-order valence-corrected chi connectivity index (χ0v) is 4.72. The van der Waals surface area contributed by atoms with Crippen LogP contribution in [0.3, 0.4) is 0 Å². The summed E-state index contributed by atoms with van der Waals surface area (Å²) in [5.74, 6) is -0.937. The molecule has 0 aromatic rings. The van der Waals surface area contributed by atoms with Crippen molar-refractivity contribution in [1.29, 1.82) is 0 Å². The Kier molecular flexibility index (Phi) is 2.62. The fraction of sp³-hybridized carbons (Fsp3) is 0.167. The van der Waals surface area contributed by atoms with Gasteiger partial charge in [-0.2, -0.15) is 0 Å². The maximum Gasteiger partial charge on any atom is 0.328 e. The Balaban J connectivity index is 3.67. The van der Waals surface area contributed by atoms with E-state index < -0.39 is 5.97 Å². The van der Waals surface area contributed by atoms with Gasteiger partial charge in [0.25, 0.3) is 0 Å². The van der Waals surface area contributed by atoms with E-state index in [0.29, 0.717) is 0 Å². The number of aliphatic carboxylic acids is 1. The number of carboxylic acid groups (broad SMARTS) is 1. The second-order valence-corrected chi connectivity index (χ2v) is 1.52. The molecule has 0 unspecified atom stereocenters. The molecule has 1 N–H and O–H groups in total. The summed E-state index contributed by atoms with van der Waals surface area (Å²) in [7, 11) is 0. The second-order valence-electron chi connectivity index (χ2n) is 1.52. The molecule has 0 atom stereocenters. The molecule has 8 heavy (non-hydrogen) atoms. The minimum atomic E-state index is -0.937. The van der Waals surface area contributed by atoms with E-state index in [1.807, 2.05) is 0 Å². The molecule has 0 spiro atoms. The van der Waals surface area contributed by atoms with E-state index in [0.717, 1.165) is 11.6 Å². The van der Waals surface area contributed by atoms with Gasteiger partial charge in [0.05, 0.1) is 0 Å². The highest BCUT2D eigenvalue weighted by Crippen LogP contribution is 1.86. The highest BCUT2D eigenvalue weighted by Gasteiger charge is 1.81. The fourth-order valence-corrected chi connectivity index (χ4v) is 0.214. The highest BCUT2D eigenvalue weighted by molar-refractivity contribution is 5.80. The van der Waals surface area contributed by atoms with Crippen molar-refractivity contribution in [2.24, 2.45) is 0 Å². The van der Waals surface area contributed by atoms with Crippen molar-refractivity contribution in [3.63, 3.8) is 0 Å². The molecule has 0 fully saturated rings. The minimum absolute atomic E-state index is 0.743. The number of carbonyl (C=O) groups is 1. The van der Waals surface area contributed by atoms with Crippen LogP contribution in [0.25, 0.3) is 0 Å². The molecule has 0 aromatic carbocycles. The zero-order valence-electron chi connectivity index (χ0n) is 4.72. The molecule has 0 rings (SSSR count). The van der Waals surface area contributed by atoms with E-state index >= 15 is 0 Å². The van der Waals surface area contributed by atoms with Gasteiger partial charge in [0.1, 0.15) is 0 Å². The van der Waals surface area contributed by atoms with Crippen LogP contribution in [0.5, 0.6) is 0 Å². The van der Waals surface area contributed by atoms with Gasteiger partial charge in [0, 0.05) is 6.08 Å². The Labute approximate surface area is 48.1 Å². The first kappa shape index (κ1) is 6.95. The summed E-state index contributed by atoms with van der Waals surface area (Å²) in [6.07, 6.45) is 2.50. The first-order valence-corrected chi connectivity index (χ1v) is 2.19. The van der Waals surface area contributed by atoms with Crippen molar-refractivity contribution < 1.29 is 9.90 Å². The molecule has 0 aliphatic heterocycles. The summed E-state index contributed by atoms with van der Waals surface area (Å²) in [5.41, 5.74) is 0.743. The molecule has 0 aliphatic carbocycles. The zero-order chi connectivity index (χ0) is 6.57. The molecule has 0 amide bonds. The molecule has 44 valence electrons. The molecule has 0 saturated heterocycles. The van der Waals surface area contributed by atoms with Gasteiger partial charge < -0.3 is 5.11 Å². The first-order valence-electron chi connectivity index (χ1n) is 2.19. The molecule has 2 nitrogen and oxygen atoms in total. The Hall–Kier alpha value is -1.05. The van der Waals surface area contributed by atoms with Crippen LogP contribution in [0.15, 0.2) is 24.3 Å². The van der Waals surface area contributed by atoms with Gasteiger partial charge in [-0.05, 0) is 6.92 Å². The lowest BCUT2D eigenvalue weighted by Crippen LogP contribution is -1.85. The molecule has 0 radical (unpaired) electrons. The van der Waals surface area contributed by atoms with E-state index in [-0.39, 0.29) is 0 Å². The third kappa shape index (κ3) is 4.95. The van der Waals surface area contributed by atoms with E-state index in [1.165, 1.54) is 6.08 Å². The summed E-state index contributed by atoms with van der Waals surface area (Å²) < 4.78 is 0. The lowest BCUT2D eigenvalue weighted by molar-refractivity contribution is -0.131. The molecule has 0 aromatic heterocycles. The normalized spacial score (nSPS) is 9.62. The summed E-state index contributed by atoms with van der Waals surface area (Å²) in [6.45, 7) is 5.21. The lowest BCUT2D eigenvalue weighted by Gasteiger charge is -1.79. The van der Waals surface area contributed by atoms with Crippen LogP contribution in [0, 0.1) is 0 Å². The van der Waals surface area contributed by atoms with Crippen LogP contribution in [0.1, 0.15) is 6.92 Å². The van der Waals surface area contributed by atoms with Crippen LogP contribution >= 0.6 is 0 Å². The van der Waals surface area contributed by atoms with Crippen molar-refractivity contribution in [2.75, 3.05) is 0 Å². The maximum absolute atomic E-state index is 9.78. The van der Waals surface area contributed by atoms with Gasteiger partial charge in [-0.3, -0.25) is 0 Å². The molecular formula is C6H8O2. The molecule has 0 bridgehead atoms. The SMILES string of the molecule is C=C(C)/C=C\C(=O)O. The monoisotopic (exact) mass is 112 g/mol. The van der Waals surface area contributed by atoms with Gasteiger partial charge in [-0.25, -0.2) is 4.79 Å². The predicted molar refractivity (Wildman–Crippen MR) is 31.6 cm³/mol. The summed E-state index contributed by atoms with van der Waals surface area (Å²) >= 11 is 0. The van der Waals surface area contributed by atoms with Crippen LogP contribution in [0.4, 0.5) is 0 Å². The van der Waals surface area contributed by atoms with Crippen molar-refractivity contribution in [1.82, 2.24) is 0 Å². The number of allylic oxidation sites excluding steroid dienone is 2. The van der Waals surface area contributed by atoms with Crippen molar-refractivity contribution in [3.8, 4) is 0 Å². The van der Waals surface area contributed by atoms with Crippen molar-refractivity contribution in [3.05, 3.63) is 24.3 Å². The van der Waals surface area contributed by atoms with Gasteiger partial charge in [-0.15, -0.1) is 0 Å². The highest BCUT2D eigenvalue weighted by atomic mass is 16.4. The standard InChI is InChI=1S/C6H8O2/c1-5(2)3-4-6(7)8/h3-4H,1H2,2H3,(H,7,8)/b4-3-. The quantitative estimate of drug-likeness (QED) is 0.430. The van der Waals surface area contributed by atoms with Gasteiger partial charge in [0.15, 0.2) is 0 Å². The Morgan fingerprint density at radius 1 is 1.62 bits per heavy atom. The third-order valence-corrected chi connectivity index (χ3v) is 0.510. The first-order chi connectivity index (χ1) is 3.63. The molecular weight excluding hydrogens is 104 g/mol. The smallest absolute Gasteiger partial charge is 0.328 e. The molecule has 0 saturated carbocycles. The molecule has 2 heteroatoms. The van der Waals surface area contributed by atoms with Crippen molar-refractivity contribution in [2.45, 2.75) is 6.92 Å². The van der Waals surface area contributed by atoms with E-state index in [4.69, 9.17) is 5.11 Å². The maximum atomic E-state index is 9.78. The Bertz CT molecular complexity index is 117. The van der Waals surface area contributed by atoms with Crippen LogP contribution in [-0.4, -0.2) is 11.1 Å². The summed E-state index contributed by atoms with van der Waals surface area (Å²) in [4.78, 5) is 9.78. The summed E-state index contributed by atoms with van der Waals surface area (Å²) in [6, 6.07) is 0. The average Bonchev–Trinajstić information content (AvgIpc) is 1.61. The molecule has 0 aliphatic rings. The predicted octanol–water partition coefficient (Wildman–Crippen LogP) is 1.20. The topological polar surface area (TPSA) is 37.3 Å². The lowest BCUT2D eigenvalue weighted by atomic mass is 10.3. The second kappa shape index (κ2) is 3.02. The number of hydrogen-bond acceptors (Lipinski definition) is 1. The van der Waals surface area contributed by atoms with Gasteiger partial charge >= 0.3 is 5.97 Å². The largest absolute Gasteiger partial charge is 0.478 e. The Morgan fingerprint density at radius 2 is 2.12 bits per heavy atom. The van der Waals surface area contributed by atoms with E-state index in [9.17, 15) is 4.79 Å². The number of carboxylic acids is 1. The van der Waals surface area contributed by atoms with Crippen molar-refractivity contribution >= 4 is 5.97 Å². The number of hydrogen-bond donors (Lipinski definition) is 1. The van der Waals surface area contributed by atoms with Crippen LogP contribution < -0.4 is 0 Å². The van der Waals surface area contributed by atoms with Crippen LogP contribution in [0.2, 0.25) is 0 Å². The average molecular weight is 112 g/mol. The Morgan fingerprint density at radius 3 is 2.25 bits per heavy atom. The molecule has 0 heterocycles. The fourth-order valence-electron chi connectivity index (χ4n) is 0.214. The third-order valence-electron chi connectivity index (χ3n) is 0.510.